The van der Waals surface area contributed by atoms with E-state index in [2.05, 4.69) is 62.2 Å². The monoisotopic (exact) mass is 262 g/mol. The zero-order chi connectivity index (χ0) is 14.1. The lowest BCUT2D eigenvalue weighted by atomic mass is 10.1. The highest BCUT2D eigenvalue weighted by atomic mass is 15.1. The molecule has 1 rings (SSSR count). The van der Waals surface area contributed by atoms with Crippen molar-refractivity contribution < 1.29 is 0 Å². The van der Waals surface area contributed by atoms with Crippen molar-refractivity contribution in [3.63, 3.8) is 0 Å². The van der Waals surface area contributed by atoms with Gasteiger partial charge in [0, 0.05) is 30.5 Å². The summed E-state index contributed by atoms with van der Waals surface area (Å²) < 4.78 is 0. The number of anilines is 2. The van der Waals surface area contributed by atoms with Gasteiger partial charge in [-0.25, -0.2) is 0 Å². The Balaban J connectivity index is 2.60. The molecule has 0 saturated carbocycles. The van der Waals surface area contributed by atoms with Gasteiger partial charge in [-0.3, -0.25) is 0 Å². The topological polar surface area (TPSA) is 15.3 Å². The molecule has 1 unspecified atom stereocenters. The number of hydrogen-bond donors (Lipinski definition) is 1. The van der Waals surface area contributed by atoms with Gasteiger partial charge in [0.2, 0.25) is 0 Å². The normalized spacial score (nSPS) is 12.2. The fraction of sp³-hybridized carbons (Fsp3) is 0.647. The van der Waals surface area contributed by atoms with Crippen LogP contribution in [0.2, 0.25) is 0 Å². The van der Waals surface area contributed by atoms with Crippen molar-refractivity contribution in [1.82, 2.24) is 0 Å². The summed E-state index contributed by atoms with van der Waals surface area (Å²) in [5, 5.41) is 3.65. The molecule has 1 N–H and O–H groups in total. The van der Waals surface area contributed by atoms with E-state index in [4.69, 9.17) is 0 Å². The molecular formula is C17H30N2. The number of unbranched alkanes of at least 4 members (excludes halogenated alkanes) is 1. The molecule has 0 spiro atoms. The Bertz CT molecular complexity index is 328. The number of rotatable bonds is 9. The number of hydrogen-bond acceptors (Lipinski definition) is 2. The molecule has 0 fully saturated rings. The fourth-order valence-corrected chi connectivity index (χ4v) is 2.42. The van der Waals surface area contributed by atoms with Gasteiger partial charge in [0.1, 0.15) is 0 Å². The van der Waals surface area contributed by atoms with Crippen molar-refractivity contribution in [2.24, 2.45) is 0 Å². The van der Waals surface area contributed by atoms with E-state index in [0.717, 1.165) is 13.1 Å². The Labute approximate surface area is 119 Å². The Morgan fingerprint density at radius 1 is 1.00 bits per heavy atom. The molecule has 1 atom stereocenters. The van der Waals surface area contributed by atoms with Crippen molar-refractivity contribution in [2.75, 3.05) is 23.3 Å². The molecule has 1 aromatic carbocycles. The molecule has 2 heteroatoms. The fourth-order valence-electron chi connectivity index (χ4n) is 2.42. The number of benzene rings is 1. The largest absolute Gasteiger partial charge is 0.382 e. The Morgan fingerprint density at radius 2 is 1.63 bits per heavy atom. The van der Waals surface area contributed by atoms with Gasteiger partial charge in [-0.1, -0.05) is 26.7 Å². The standard InChI is InChI=1S/C17H30N2/c1-5-9-10-15(6-2)18-16-11-13-17(14-12-16)19(7-3)8-4/h11-15,18H,5-10H2,1-4H3. The Morgan fingerprint density at radius 3 is 2.11 bits per heavy atom. The van der Waals surface area contributed by atoms with E-state index in [-0.39, 0.29) is 0 Å². The summed E-state index contributed by atoms with van der Waals surface area (Å²) in [6, 6.07) is 9.48. The number of nitrogens with one attached hydrogen (secondary N) is 1. The first-order chi connectivity index (χ1) is 9.24. The van der Waals surface area contributed by atoms with Crippen molar-refractivity contribution in [2.45, 2.75) is 59.4 Å². The quantitative estimate of drug-likeness (QED) is 0.680. The smallest absolute Gasteiger partial charge is 0.0367 e. The maximum Gasteiger partial charge on any atom is 0.0367 e. The molecule has 0 radical (unpaired) electrons. The molecule has 0 bridgehead atoms. The maximum atomic E-state index is 3.65. The molecule has 0 aliphatic carbocycles. The van der Waals surface area contributed by atoms with Gasteiger partial charge >= 0.3 is 0 Å². The number of nitrogens with zero attached hydrogens (tertiary/aromatic N) is 1. The second kappa shape index (κ2) is 8.84. The van der Waals surface area contributed by atoms with Gasteiger partial charge in [0.15, 0.2) is 0 Å². The van der Waals surface area contributed by atoms with E-state index < -0.39 is 0 Å². The molecule has 0 heterocycles. The highest BCUT2D eigenvalue weighted by Gasteiger charge is 2.06. The average molecular weight is 262 g/mol. The zero-order valence-corrected chi connectivity index (χ0v) is 13.1. The summed E-state index contributed by atoms with van der Waals surface area (Å²) in [6.07, 6.45) is 5.05. The second-order valence-corrected chi connectivity index (χ2v) is 5.11. The summed E-state index contributed by atoms with van der Waals surface area (Å²) >= 11 is 0. The van der Waals surface area contributed by atoms with Crippen LogP contribution in [0.4, 0.5) is 11.4 Å². The van der Waals surface area contributed by atoms with Gasteiger partial charge in [0.25, 0.3) is 0 Å². The van der Waals surface area contributed by atoms with Crippen LogP contribution in [0.25, 0.3) is 0 Å². The van der Waals surface area contributed by atoms with Crippen LogP contribution in [0.5, 0.6) is 0 Å². The van der Waals surface area contributed by atoms with E-state index >= 15 is 0 Å². The summed E-state index contributed by atoms with van der Waals surface area (Å²) in [6.45, 7) is 11.1. The van der Waals surface area contributed by atoms with Crippen LogP contribution in [-0.4, -0.2) is 19.1 Å². The van der Waals surface area contributed by atoms with E-state index in [1.54, 1.807) is 0 Å². The maximum absolute atomic E-state index is 3.65. The molecular weight excluding hydrogens is 232 g/mol. The SMILES string of the molecule is CCCCC(CC)Nc1ccc(N(CC)CC)cc1. The predicted octanol–water partition coefficient (Wildman–Crippen LogP) is 4.91. The van der Waals surface area contributed by atoms with Crippen LogP contribution < -0.4 is 10.2 Å². The van der Waals surface area contributed by atoms with Crippen molar-refractivity contribution in [3.05, 3.63) is 24.3 Å². The van der Waals surface area contributed by atoms with Crippen LogP contribution >= 0.6 is 0 Å². The van der Waals surface area contributed by atoms with Crippen LogP contribution in [0.15, 0.2) is 24.3 Å². The average Bonchev–Trinajstić information content (AvgIpc) is 2.46. The van der Waals surface area contributed by atoms with Crippen molar-refractivity contribution >= 4 is 11.4 Å². The Hall–Kier alpha value is -1.18. The van der Waals surface area contributed by atoms with Gasteiger partial charge < -0.3 is 10.2 Å². The molecule has 0 aliphatic heterocycles. The second-order valence-electron chi connectivity index (χ2n) is 5.11. The lowest BCUT2D eigenvalue weighted by Crippen LogP contribution is -2.22. The first-order valence-electron chi connectivity index (χ1n) is 7.86. The first kappa shape index (κ1) is 15.9. The van der Waals surface area contributed by atoms with Crippen LogP contribution in [0.1, 0.15) is 53.4 Å². The highest BCUT2D eigenvalue weighted by molar-refractivity contribution is 5.55. The van der Waals surface area contributed by atoms with Gasteiger partial charge in [-0.05, 0) is 51.0 Å². The molecule has 108 valence electrons. The van der Waals surface area contributed by atoms with E-state index in [9.17, 15) is 0 Å². The summed E-state index contributed by atoms with van der Waals surface area (Å²) in [7, 11) is 0. The molecule has 0 saturated heterocycles. The third kappa shape index (κ3) is 5.14. The lowest BCUT2D eigenvalue weighted by molar-refractivity contribution is 0.593. The third-order valence-corrected chi connectivity index (χ3v) is 3.77. The minimum absolute atomic E-state index is 0.610. The summed E-state index contributed by atoms with van der Waals surface area (Å²) in [5.41, 5.74) is 2.57. The summed E-state index contributed by atoms with van der Waals surface area (Å²) in [5.74, 6) is 0. The van der Waals surface area contributed by atoms with E-state index in [1.807, 2.05) is 0 Å². The molecule has 0 amide bonds. The third-order valence-electron chi connectivity index (χ3n) is 3.77. The van der Waals surface area contributed by atoms with Crippen LogP contribution in [0.3, 0.4) is 0 Å². The minimum atomic E-state index is 0.610. The molecule has 2 nitrogen and oxygen atoms in total. The van der Waals surface area contributed by atoms with Gasteiger partial charge in [-0.2, -0.15) is 0 Å². The highest BCUT2D eigenvalue weighted by Crippen LogP contribution is 2.19. The molecule has 0 aromatic heterocycles. The molecule has 19 heavy (non-hydrogen) atoms. The van der Waals surface area contributed by atoms with E-state index in [0.29, 0.717) is 6.04 Å². The minimum Gasteiger partial charge on any atom is -0.382 e. The first-order valence-corrected chi connectivity index (χ1v) is 7.86. The Kier molecular flexibility index (Phi) is 7.39. The zero-order valence-electron chi connectivity index (χ0n) is 13.1. The molecule has 1 aromatic rings. The van der Waals surface area contributed by atoms with Crippen LogP contribution in [-0.2, 0) is 0 Å². The molecule has 0 aliphatic rings. The lowest BCUT2D eigenvalue weighted by Gasteiger charge is -2.22. The van der Waals surface area contributed by atoms with Gasteiger partial charge in [-0.15, -0.1) is 0 Å². The summed E-state index contributed by atoms with van der Waals surface area (Å²) in [4.78, 5) is 2.37. The predicted molar refractivity (Wildman–Crippen MR) is 87.2 cm³/mol. The van der Waals surface area contributed by atoms with E-state index in [1.165, 1.54) is 37.1 Å². The van der Waals surface area contributed by atoms with Crippen molar-refractivity contribution in [1.29, 1.82) is 0 Å². The van der Waals surface area contributed by atoms with Crippen LogP contribution in [0, 0.1) is 0 Å². The van der Waals surface area contributed by atoms with Crippen molar-refractivity contribution in [3.8, 4) is 0 Å². The van der Waals surface area contributed by atoms with Gasteiger partial charge in [0.05, 0.1) is 0 Å².